The van der Waals surface area contributed by atoms with Gasteiger partial charge in [0, 0.05) is 6.61 Å². The lowest BCUT2D eigenvalue weighted by Crippen LogP contribution is -2.29. The van der Waals surface area contributed by atoms with Crippen LogP contribution in [0.5, 0.6) is 0 Å². The molecule has 20 heavy (non-hydrogen) atoms. The largest absolute Gasteiger partial charge is 0.439 e. The van der Waals surface area contributed by atoms with Crippen LogP contribution in [-0.4, -0.2) is 31.4 Å². The Hall–Kier alpha value is -1.60. The van der Waals surface area contributed by atoms with Crippen molar-refractivity contribution in [3.63, 3.8) is 0 Å². The van der Waals surface area contributed by atoms with Crippen molar-refractivity contribution in [2.24, 2.45) is 0 Å². The molecule has 2 atom stereocenters. The zero-order valence-electron chi connectivity index (χ0n) is 11.1. The standard InChI is InChI=1S/C13H16N2O4S/c1-8-11(5-6-18-8)20(16,17)7-12-15-13-9(14)3-2-4-10(13)19-12/h2-4,8,11H,5-7,14H2,1H3. The maximum Gasteiger partial charge on any atom is 0.210 e. The number of rotatable bonds is 3. The third-order valence-corrected chi connectivity index (χ3v) is 5.78. The van der Waals surface area contributed by atoms with Crippen molar-refractivity contribution in [2.75, 3.05) is 12.3 Å². The smallest absolute Gasteiger partial charge is 0.210 e. The molecule has 0 amide bonds. The third-order valence-electron chi connectivity index (χ3n) is 3.59. The number of hydrogen-bond acceptors (Lipinski definition) is 6. The van der Waals surface area contributed by atoms with Crippen LogP contribution >= 0.6 is 0 Å². The molecule has 0 aliphatic carbocycles. The lowest BCUT2D eigenvalue weighted by atomic mass is 10.3. The van der Waals surface area contributed by atoms with Crippen LogP contribution in [0.2, 0.25) is 0 Å². The summed E-state index contributed by atoms with van der Waals surface area (Å²) in [6.07, 6.45) is 0.237. The van der Waals surface area contributed by atoms with Crippen LogP contribution in [0.4, 0.5) is 5.69 Å². The summed E-state index contributed by atoms with van der Waals surface area (Å²) in [7, 11) is -3.34. The maximum absolute atomic E-state index is 12.4. The van der Waals surface area contributed by atoms with Crippen LogP contribution < -0.4 is 5.73 Å². The van der Waals surface area contributed by atoms with Gasteiger partial charge in [0.1, 0.15) is 11.3 Å². The van der Waals surface area contributed by atoms with E-state index in [1.807, 2.05) is 0 Å². The monoisotopic (exact) mass is 296 g/mol. The zero-order valence-corrected chi connectivity index (χ0v) is 11.9. The van der Waals surface area contributed by atoms with Gasteiger partial charge in [-0.1, -0.05) is 6.07 Å². The van der Waals surface area contributed by atoms with Gasteiger partial charge in [0.15, 0.2) is 15.4 Å². The van der Waals surface area contributed by atoms with Crippen LogP contribution in [-0.2, 0) is 20.3 Å². The van der Waals surface area contributed by atoms with E-state index in [9.17, 15) is 8.42 Å². The van der Waals surface area contributed by atoms with E-state index in [2.05, 4.69) is 4.98 Å². The predicted octanol–water partition coefficient (Wildman–Crippen LogP) is 1.50. The average molecular weight is 296 g/mol. The van der Waals surface area contributed by atoms with E-state index >= 15 is 0 Å². The van der Waals surface area contributed by atoms with Crippen molar-refractivity contribution in [2.45, 2.75) is 30.5 Å². The lowest BCUT2D eigenvalue weighted by molar-refractivity contribution is 0.126. The number of hydrogen-bond donors (Lipinski definition) is 1. The van der Waals surface area contributed by atoms with Crippen LogP contribution in [0, 0.1) is 0 Å². The SMILES string of the molecule is CC1OCCC1S(=O)(=O)Cc1nc2c(N)cccc2o1. The number of fused-ring (bicyclic) bond motifs is 1. The molecule has 108 valence electrons. The Labute approximate surface area is 116 Å². The van der Waals surface area contributed by atoms with Crippen LogP contribution in [0.15, 0.2) is 22.6 Å². The molecule has 0 bridgehead atoms. The Morgan fingerprint density at radius 2 is 2.25 bits per heavy atom. The van der Waals surface area contributed by atoms with E-state index in [0.717, 1.165) is 0 Å². The highest BCUT2D eigenvalue weighted by Crippen LogP contribution is 2.26. The number of para-hydroxylation sites is 1. The fourth-order valence-corrected chi connectivity index (χ4v) is 4.34. The summed E-state index contributed by atoms with van der Waals surface area (Å²) in [6.45, 7) is 2.25. The van der Waals surface area contributed by atoms with Crippen LogP contribution in [0.1, 0.15) is 19.2 Å². The van der Waals surface area contributed by atoms with E-state index in [1.54, 1.807) is 25.1 Å². The molecule has 2 aromatic rings. The van der Waals surface area contributed by atoms with Gasteiger partial charge < -0.3 is 14.9 Å². The summed E-state index contributed by atoms with van der Waals surface area (Å²) in [5.41, 5.74) is 7.28. The van der Waals surface area contributed by atoms with Gasteiger partial charge in [0.2, 0.25) is 5.89 Å². The van der Waals surface area contributed by atoms with E-state index in [1.165, 1.54) is 0 Å². The van der Waals surface area contributed by atoms with Gasteiger partial charge in [-0.2, -0.15) is 0 Å². The predicted molar refractivity (Wildman–Crippen MR) is 74.9 cm³/mol. The molecular formula is C13H16N2O4S. The number of nitrogens with two attached hydrogens (primary N) is 1. The molecule has 2 unspecified atom stereocenters. The minimum absolute atomic E-state index is 0.178. The first-order chi connectivity index (χ1) is 9.47. The molecule has 1 aliphatic rings. The molecule has 1 aliphatic heterocycles. The van der Waals surface area contributed by atoms with Gasteiger partial charge in [-0.25, -0.2) is 13.4 Å². The second-order valence-electron chi connectivity index (χ2n) is 5.01. The molecule has 2 N–H and O–H groups in total. The quantitative estimate of drug-likeness (QED) is 0.862. The highest BCUT2D eigenvalue weighted by atomic mass is 32.2. The van der Waals surface area contributed by atoms with Crippen molar-refractivity contribution in [3.05, 3.63) is 24.1 Å². The van der Waals surface area contributed by atoms with Crippen LogP contribution in [0.3, 0.4) is 0 Å². The molecule has 1 aromatic heterocycles. The fraction of sp³-hybridized carbons (Fsp3) is 0.462. The number of sulfone groups is 1. The van der Waals surface area contributed by atoms with E-state index in [-0.39, 0.29) is 17.7 Å². The van der Waals surface area contributed by atoms with Gasteiger partial charge in [-0.15, -0.1) is 0 Å². The second-order valence-corrected chi connectivity index (χ2v) is 7.23. The minimum Gasteiger partial charge on any atom is -0.439 e. The fourth-order valence-electron chi connectivity index (χ4n) is 2.54. The number of anilines is 1. The topological polar surface area (TPSA) is 95.4 Å². The van der Waals surface area contributed by atoms with Gasteiger partial charge in [-0.3, -0.25) is 0 Å². The second kappa shape index (κ2) is 4.75. The number of ether oxygens (including phenoxy) is 1. The number of aromatic nitrogens is 1. The van der Waals surface area contributed by atoms with E-state index in [0.29, 0.717) is 29.8 Å². The van der Waals surface area contributed by atoms with E-state index in [4.69, 9.17) is 14.9 Å². The van der Waals surface area contributed by atoms with Gasteiger partial charge >= 0.3 is 0 Å². The lowest BCUT2D eigenvalue weighted by Gasteiger charge is -2.13. The molecular weight excluding hydrogens is 280 g/mol. The molecule has 3 rings (SSSR count). The molecule has 6 nitrogen and oxygen atoms in total. The summed E-state index contributed by atoms with van der Waals surface area (Å²) in [5.74, 6) is -0.0450. The summed E-state index contributed by atoms with van der Waals surface area (Å²) in [6, 6.07) is 5.17. The molecule has 7 heteroatoms. The Kier molecular flexibility index (Phi) is 3.18. The first-order valence-corrected chi connectivity index (χ1v) is 8.16. The maximum atomic E-state index is 12.4. The molecule has 0 radical (unpaired) electrons. The van der Waals surface area contributed by atoms with Gasteiger partial charge in [0.05, 0.1) is 17.0 Å². The summed E-state index contributed by atoms with van der Waals surface area (Å²) in [4.78, 5) is 4.18. The Balaban J connectivity index is 1.91. The van der Waals surface area contributed by atoms with E-state index < -0.39 is 15.1 Å². The van der Waals surface area contributed by atoms with Crippen molar-refractivity contribution >= 4 is 26.6 Å². The molecule has 1 fully saturated rings. The highest BCUT2D eigenvalue weighted by Gasteiger charge is 2.36. The summed E-state index contributed by atoms with van der Waals surface area (Å²) < 4.78 is 35.5. The first-order valence-electron chi connectivity index (χ1n) is 6.44. The molecule has 0 saturated carbocycles. The molecule has 2 heterocycles. The number of nitrogen functional groups attached to an aromatic ring is 1. The Morgan fingerprint density at radius 3 is 2.90 bits per heavy atom. The zero-order chi connectivity index (χ0) is 14.3. The van der Waals surface area contributed by atoms with Crippen molar-refractivity contribution < 1.29 is 17.6 Å². The number of oxazole rings is 1. The highest BCUT2D eigenvalue weighted by molar-refractivity contribution is 7.91. The molecule has 1 aromatic carbocycles. The van der Waals surface area contributed by atoms with Crippen LogP contribution in [0.25, 0.3) is 11.1 Å². The number of nitrogens with zero attached hydrogens (tertiary/aromatic N) is 1. The molecule has 1 saturated heterocycles. The average Bonchev–Trinajstić information content (AvgIpc) is 2.95. The van der Waals surface area contributed by atoms with Gasteiger partial charge in [-0.05, 0) is 25.5 Å². The summed E-state index contributed by atoms with van der Waals surface area (Å²) in [5, 5.41) is -0.491. The normalized spacial score (nSPS) is 23.4. The van der Waals surface area contributed by atoms with Crippen molar-refractivity contribution in [1.82, 2.24) is 4.98 Å². The Bertz CT molecular complexity index is 738. The first kappa shape index (κ1) is 13.4. The Morgan fingerprint density at radius 1 is 1.45 bits per heavy atom. The summed E-state index contributed by atoms with van der Waals surface area (Å²) >= 11 is 0. The van der Waals surface area contributed by atoms with Gasteiger partial charge in [0.25, 0.3) is 0 Å². The van der Waals surface area contributed by atoms with Crippen molar-refractivity contribution in [3.8, 4) is 0 Å². The third kappa shape index (κ3) is 2.27. The number of benzene rings is 1. The van der Waals surface area contributed by atoms with Crippen molar-refractivity contribution in [1.29, 1.82) is 0 Å². The minimum atomic E-state index is -3.34. The molecule has 0 spiro atoms.